The molecule has 1 aromatic carbocycles. The molecule has 0 N–H and O–H groups in total. The average molecular weight is 326 g/mol. The van der Waals surface area contributed by atoms with E-state index in [1.54, 1.807) is 0 Å². The molecule has 1 saturated carbocycles. The van der Waals surface area contributed by atoms with E-state index in [-0.39, 0.29) is 17.6 Å². The number of hydrogen-bond acceptors (Lipinski definition) is 3. The fourth-order valence-corrected chi connectivity index (χ4v) is 3.07. The number of rotatable bonds is 7. The van der Waals surface area contributed by atoms with Gasteiger partial charge in [0.15, 0.2) is 0 Å². The second-order valence-corrected chi connectivity index (χ2v) is 6.13. The minimum atomic E-state index is -2.86. The molecule has 0 aromatic heterocycles. The number of carbonyl (C=O) groups is 1. The summed E-state index contributed by atoms with van der Waals surface area (Å²) in [7, 11) is 0. The van der Waals surface area contributed by atoms with Crippen molar-refractivity contribution in [3.63, 3.8) is 0 Å². The summed E-state index contributed by atoms with van der Waals surface area (Å²) in [5.41, 5.74) is 0. The molecule has 2 rings (SSSR count). The Kier molecular flexibility index (Phi) is 6.81. The summed E-state index contributed by atoms with van der Waals surface area (Å²) in [5.74, 6) is 0.886. The zero-order valence-corrected chi connectivity index (χ0v) is 13.5. The second-order valence-electron chi connectivity index (χ2n) is 6.13. The zero-order chi connectivity index (χ0) is 16.7. The maximum atomic E-state index is 12.2. The largest absolute Gasteiger partial charge is 0.435 e. The van der Waals surface area contributed by atoms with Crippen molar-refractivity contribution in [2.75, 3.05) is 0 Å². The lowest BCUT2D eigenvalue weighted by Gasteiger charge is -2.27. The van der Waals surface area contributed by atoms with Gasteiger partial charge in [-0.25, -0.2) is 0 Å². The number of benzene rings is 1. The van der Waals surface area contributed by atoms with Crippen LogP contribution in [0, 0.1) is 11.8 Å². The molecule has 0 radical (unpaired) electrons. The van der Waals surface area contributed by atoms with Gasteiger partial charge >= 0.3 is 12.6 Å². The third-order valence-electron chi connectivity index (χ3n) is 4.41. The summed E-state index contributed by atoms with van der Waals surface area (Å²) in [6.45, 7) is -0.660. The zero-order valence-electron chi connectivity index (χ0n) is 13.5. The van der Waals surface area contributed by atoms with Crippen LogP contribution in [0.2, 0.25) is 0 Å². The van der Waals surface area contributed by atoms with Crippen molar-refractivity contribution in [3.8, 4) is 11.5 Å². The van der Waals surface area contributed by atoms with E-state index < -0.39 is 6.61 Å². The van der Waals surface area contributed by atoms with Crippen LogP contribution in [0.4, 0.5) is 8.78 Å². The molecule has 128 valence electrons. The molecular weight excluding hydrogens is 302 g/mol. The lowest BCUT2D eigenvalue weighted by molar-refractivity contribution is -0.140. The van der Waals surface area contributed by atoms with Crippen LogP contribution in [-0.2, 0) is 4.79 Å². The molecule has 1 aliphatic rings. The topological polar surface area (TPSA) is 35.5 Å². The van der Waals surface area contributed by atoms with Crippen molar-refractivity contribution < 1.29 is 23.0 Å². The SMILES string of the molecule is CCCCC1CCC(C(=O)Oc2ccc(OC(F)F)cc2)CC1. The molecule has 3 nitrogen and oxygen atoms in total. The first-order chi connectivity index (χ1) is 11.1. The lowest BCUT2D eigenvalue weighted by Crippen LogP contribution is -2.25. The van der Waals surface area contributed by atoms with Gasteiger partial charge in [0.05, 0.1) is 5.92 Å². The summed E-state index contributed by atoms with van der Waals surface area (Å²) in [6, 6.07) is 5.69. The highest BCUT2D eigenvalue weighted by Crippen LogP contribution is 2.33. The summed E-state index contributed by atoms with van der Waals surface area (Å²) in [5, 5.41) is 0. The molecular formula is C18H24F2O3. The number of carbonyl (C=O) groups excluding carboxylic acids is 1. The third-order valence-corrected chi connectivity index (χ3v) is 4.41. The van der Waals surface area contributed by atoms with E-state index in [0.717, 1.165) is 31.6 Å². The molecule has 1 aliphatic carbocycles. The van der Waals surface area contributed by atoms with E-state index in [1.807, 2.05) is 0 Å². The lowest BCUT2D eigenvalue weighted by atomic mass is 9.80. The van der Waals surface area contributed by atoms with Gasteiger partial charge in [0.1, 0.15) is 11.5 Å². The van der Waals surface area contributed by atoms with Crippen LogP contribution < -0.4 is 9.47 Å². The van der Waals surface area contributed by atoms with Gasteiger partial charge in [-0.05, 0) is 55.9 Å². The fourth-order valence-electron chi connectivity index (χ4n) is 3.07. The van der Waals surface area contributed by atoms with Crippen molar-refractivity contribution in [1.82, 2.24) is 0 Å². The molecule has 0 amide bonds. The summed E-state index contributed by atoms with van der Waals surface area (Å²) in [6.07, 6.45) is 7.64. The minimum absolute atomic E-state index is 0.0510. The number of unbranched alkanes of at least 4 members (excludes halogenated alkanes) is 1. The summed E-state index contributed by atoms with van der Waals surface area (Å²) < 4.78 is 33.8. The number of ether oxygens (including phenoxy) is 2. The van der Waals surface area contributed by atoms with Crippen LogP contribution in [0.3, 0.4) is 0 Å². The number of esters is 1. The normalized spacial score (nSPS) is 21.2. The highest BCUT2D eigenvalue weighted by Gasteiger charge is 2.27. The molecule has 0 bridgehead atoms. The quantitative estimate of drug-likeness (QED) is 0.511. The Morgan fingerprint density at radius 3 is 2.30 bits per heavy atom. The van der Waals surface area contributed by atoms with Gasteiger partial charge in [0.25, 0.3) is 0 Å². The highest BCUT2D eigenvalue weighted by atomic mass is 19.3. The van der Waals surface area contributed by atoms with Gasteiger partial charge in [-0.3, -0.25) is 4.79 Å². The van der Waals surface area contributed by atoms with Gasteiger partial charge in [0, 0.05) is 0 Å². The Morgan fingerprint density at radius 2 is 1.74 bits per heavy atom. The molecule has 5 heteroatoms. The second kappa shape index (κ2) is 8.85. The van der Waals surface area contributed by atoms with E-state index >= 15 is 0 Å². The van der Waals surface area contributed by atoms with Gasteiger partial charge in [-0.2, -0.15) is 8.78 Å². The van der Waals surface area contributed by atoms with Crippen molar-refractivity contribution in [3.05, 3.63) is 24.3 Å². The highest BCUT2D eigenvalue weighted by molar-refractivity contribution is 5.75. The molecule has 0 heterocycles. The van der Waals surface area contributed by atoms with Gasteiger partial charge < -0.3 is 9.47 Å². The Balaban J connectivity index is 1.78. The van der Waals surface area contributed by atoms with Crippen LogP contribution in [-0.4, -0.2) is 12.6 Å². The van der Waals surface area contributed by atoms with Gasteiger partial charge in [-0.1, -0.05) is 26.2 Å². The predicted molar refractivity (Wildman–Crippen MR) is 83.7 cm³/mol. The van der Waals surface area contributed by atoms with Crippen molar-refractivity contribution in [1.29, 1.82) is 0 Å². The van der Waals surface area contributed by atoms with Crippen molar-refractivity contribution in [2.45, 2.75) is 58.5 Å². The van der Waals surface area contributed by atoms with Crippen molar-refractivity contribution in [2.24, 2.45) is 11.8 Å². The monoisotopic (exact) mass is 326 g/mol. The van der Waals surface area contributed by atoms with Gasteiger partial charge in [0.2, 0.25) is 0 Å². The van der Waals surface area contributed by atoms with Crippen LogP contribution in [0.25, 0.3) is 0 Å². The van der Waals surface area contributed by atoms with Crippen LogP contribution in [0.15, 0.2) is 24.3 Å². The maximum absolute atomic E-state index is 12.2. The van der Waals surface area contributed by atoms with E-state index in [2.05, 4.69) is 11.7 Å². The maximum Gasteiger partial charge on any atom is 0.387 e. The minimum Gasteiger partial charge on any atom is -0.435 e. The van der Waals surface area contributed by atoms with Crippen molar-refractivity contribution >= 4 is 5.97 Å². The third kappa shape index (κ3) is 5.81. The van der Waals surface area contributed by atoms with E-state index in [9.17, 15) is 13.6 Å². The first-order valence-corrected chi connectivity index (χ1v) is 8.35. The van der Waals surface area contributed by atoms with Crippen LogP contribution in [0.1, 0.15) is 51.9 Å². The number of hydrogen-bond donors (Lipinski definition) is 0. The standard InChI is InChI=1S/C18H24F2O3/c1-2-3-4-13-5-7-14(8-6-13)17(21)22-15-9-11-16(12-10-15)23-18(19)20/h9-14,18H,2-8H2,1H3. The smallest absolute Gasteiger partial charge is 0.387 e. The Labute approximate surface area is 136 Å². The summed E-state index contributed by atoms with van der Waals surface area (Å²) in [4.78, 5) is 12.2. The Bertz CT molecular complexity index is 480. The molecule has 23 heavy (non-hydrogen) atoms. The molecule has 1 aromatic rings. The molecule has 0 aliphatic heterocycles. The first kappa shape index (κ1) is 17.7. The molecule has 0 saturated heterocycles. The molecule has 0 spiro atoms. The first-order valence-electron chi connectivity index (χ1n) is 8.35. The summed E-state index contributed by atoms with van der Waals surface area (Å²) >= 11 is 0. The van der Waals surface area contributed by atoms with E-state index in [0.29, 0.717) is 5.75 Å². The number of halogens is 2. The molecule has 0 unspecified atom stereocenters. The van der Waals surface area contributed by atoms with E-state index in [4.69, 9.17) is 4.74 Å². The fraction of sp³-hybridized carbons (Fsp3) is 0.611. The Morgan fingerprint density at radius 1 is 1.13 bits per heavy atom. The van der Waals surface area contributed by atoms with Gasteiger partial charge in [-0.15, -0.1) is 0 Å². The molecule has 0 atom stereocenters. The average Bonchev–Trinajstić information content (AvgIpc) is 2.54. The predicted octanol–water partition coefficient (Wildman–Crippen LogP) is 5.19. The number of alkyl halides is 2. The molecule has 1 fully saturated rings. The Hall–Kier alpha value is -1.65. The van der Waals surface area contributed by atoms with Crippen LogP contribution >= 0.6 is 0 Å². The van der Waals surface area contributed by atoms with Crippen LogP contribution in [0.5, 0.6) is 11.5 Å². The van der Waals surface area contributed by atoms with E-state index in [1.165, 1.54) is 43.5 Å².